The van der Waals surface area contributed by atoms with E-state index in [0.717, 1.165) is 26.0 Å². The SMILES string of the molecule is CCSc1cccc(Sc2ccncc2)c1C(=N)N. The summed E-state index contributed by atoms with van der Waals surface area (Å²) in [7, 11) is 0. The van der Waals surface area contributed by atoms with Gasteiger partial charge in [0, 0.05) is 32.6 Å². The highest BCUT2D eigenvalue weighted by atomic mass is 32.2. The maximum Gasteiger partial charge on any atom is 0.125 e. The van der Waals surface area contributed by atoms with Crippen LogP contribution < -0.4 is 5.73 Å². The minimum atomic E-state index is 0.119. The van der Waals surface area contributed by atoms with Crippen molar-refractivity contribution in [2.75, 3.05) is 5.75 Å². The van der Waals surface area contributed by atoms with E-state index in [0.29, 0.717) is 0 Å². The zero-order valence-corrected chi connectivity index (χ0v) is 12.2. The summed E-state index contributed by atoms with van der Waals surface area (Å²) in [6, 6.07) is 9.93. The Morgan fingerprint density at radius 1 is 1.21 bits per heavy atom. The average molecular weight is 289 g/mol. The maximum atomic E-state index is 7.80. The van der Waals surface area contributed by atoms with E-state index in [9.17, 15) is 0 Å². The van der Waals surface area contributed by atoms with E-state index in [1.165, 1.54) is 0 Å². The minimum Gasteiger partial charge on any atom is -0.384 e. The van der Waals surface area contributed by atoms with Gasteiger partial charge in [-0.1, -0.05) is 24.8 Å². The largest absolute Gasteiger partial charge is 0.384 e. The summed E-state index contributed by atoms with van der Waals surface area (Å²) in [4.78, 5) is 7.18. The summed E-state index contributed by atoms with van der Waals surface area (Å²) in [6.45, 7) is 2.09. The first-order chi connectivity index (χ1) is 9.22. The molecule has 0 saturated carbocycles. The van der Waals surface area contributed by atoms with E-state index >= 15 is 0 Å². The van der Waals surface area contributed by atoms with Gasteiger partial charge >= 0.3 is 0 Å². The lowest BCUT2D eigenvalue weighted by Gasteiger charge is -2.12. The van der Waals surface area contributed by atoms with E-state index in [4.69, 9.17) is 11.1 Å². The van der Waals surface area contributed by atoms with Crippen LogP contribution in [0.15, 0.2) is 57.4 Å². The summed E-state index contributed by atoms with van der Waals surface area (Å²) >= 11 is 3.32. The molecule has 3 N–H and O–H groups in total. The molecule has 0 aliphatic heterocycles. The first-order valence-corrected chi connectivity index (χ1v) is 7.70. The van der Waals surface area contributed by atoms with Gasteiger partial charge in [-0.25, -0.2) is 0 Å². The van der Waals surface area contributed by atoms with E-state index in [1.807, 2.05) is 30.3 Å². The number of amidine groups is 1. The molecule has 19 heavy (non-hydrogen) atoms. The van der Waals surface area contributed by atoms with Gasteiger partial charge in [0.25, 0.3) is 0 Å². The minimum absolute atomic E-state index is 0.119. The van der Waals surface area contributed by atoms with Crippen molar-refractivity contribution in [3.05, 3.63) is 48.3 Å². The lowest BCUT2D eigenvalue weighted by atomic mass is 10.2. The highest BCUT2D eigenvalue weighted by Crippen LogP contribution is 2.34. The predicted molar refractivity (Wildman–Crippen MR) is 82.2 cm³/mol. The molecule has 2 rings (SSSR count). The van der Waals surface area contributed by atoms with Crippen molar-refractivity contribution in [1.82, 2.24) is 4.98 Å². The molecule has 5 heteroatoms. The zero-order chi connectivity index (χ0) is 13.7. The first-order valence-electron chi connectivity index (χ1n) is 5.90. The van der Waals surface area contributed by atoms with Crippen LogP contribution in [0.2, 0.25) is 0 Å². The van der Waals surface area contributed by atoms with Gasteiger partial charge in [-0.15, -0.1) is 11.8 Å². The van der Waals surface area contributed by atoms with Crippen molar-refractivity contribution >= 4 is 29.4 Å². The Morgan fingerprint density at radius 2 is 1.89 bits per heavy atom. The second-order valence-corrected chi connectivity index (χ2v) is 6.18. The third-order valence-corrected chi connectivity index (χ3v) is 4.44. The Hall–Kier alpha value is -1.46. The Labute approximate surface area is 121 Å². The van der Waals surface area contributed by atoms with Gasteiger partial charge in [0.05, 0.1) is 0 Å². The molecular weight excluding hydrogens is 274 g/mol. The summed E-state index contributed by atoms with van der Waals surface area (Å²) in [5.74, 6) is 1.08. The van der Waals surface area contributed by atoms with Crippen LogP contribution in [-0.4, -0.2) is 16.6 Å². The summed E-state index contributed by atoms with van der Waals surface area (Å²) in [5.41, 5.74) is 6.57. The van der Waals surface area contributed by atoms with Crippen molar-refractivity contribution in [2.24, 2.45) is 5.73 Å². The van der Waals surface area contributed by atoms with Crippen LogP contribution in [-0.2, 0) is 0 Å². The number of nitrogens with zero attached hydrogens (tertiary/aromatic N) is 1. The lowest BCUT2D eigenvalue weighted by Crippen LogP contribution is -2.13. The monoisotopic (exact) mass is 289 g/mol. The van der Waals surface area contributed by atoms with Crippen LogP contribution in [0.5, 0.6) is 0 Å². The molecule has 0 fully saturated rings. The average Bonchev–Trinajstić information content (AvgIpc) is 2.40. The van der Waals surface area contributed by atoms with Gasteiger partial charge in [-0.2, -0.15) is 0 Å². The molecule has 2 aromatic rings. The van der Waals surface area contributed by atoms with Gasteiger partial charge in [0.2, 0.25) is 0 Å². The van der Waals surface area contributed by atoms with Crippen LogP contribution in [0.25, 0.3) is 0 Å². The van der Waals surface area contributed by atoms with Gasteiger partial charge in [-0.3, -0.25) is 10.4 Å². The highest BCUT2D eigenvalue weighted by molar-refractivity contribution is 8.00. The molecule has 0 saturated heterocycles. The Balaban J connectivity index is 2.39. The van der Waals surface area contributed by atoms with E-state index in [-0.39, 0.29) is 5.84 Å². The van der Waals surface area contributed by atoms with Crippen LogP contribution in [0.3, 0.4) is 0 Å². The number of hydrogen-bond donors (Lipinski definition) is 2. The lowest BCUT2D eigenvalue weighted by molar-refractivity contribution is 1.23. The molecule has 3 nitrogen and oxygen atoms in total. The fraction of sp³-hybridized carbons (Fsp3) is 0.143. The normalized spacial score (nSPS) is 10.4. The first kappa shape index (κ1) is 14.0. The van der Waals surface area contributed by atoms with Gasteiger partial charge < -0.3 is 5.73 Å². The molecule has 0 unspecified atom stereocenters. The van der Waals surface area contributed by atoms with Crippen LogP contribution in [0, 0.1) is 5.41 Å². The number of nitrogen functional groups attached to an aromatic ring is 1. The van der Waals surface area contributed by atoms with Crippen molar-refractivity contribution in [1.29, 1.82) is 5.41 Å². The van der Waals surface area contributed by atoms with Gasteiger partial charge in [0.1, 0.15) is 5.84 Å². The Morgan fingerprint density at radius 3 is 2.53 bits per heavy atom. The molecule has 0 spiro atoms. The molecule has 98 valence electrons. The number of pyridine rings is 1. The molecular formula is C14H15N3S2. The van der Waals surface area contributed by atoms with E-state index in [2.05, 4.69) is 11.9 Å². The van der Waals surface area contributed by atoms with Gasteiger partial charge in [-0.05, 0) is 30.0 Å². The summed E-state index contributed by atoms with van der Waals surface area (Å²) in [6.07, 6.45) is 3.53. The summed E-state index contributed by atoms with van der Waals surface area (Å²) in [5, 5.41) is 7.80. The third kappa shape index (κ3) is 3.52. The second kappa shape index (κ2) is 6.63. The van der Waals surface area contributed by atoms with Crippen molar-refractivity contribution in [3.8, 4) is 0 Å². The fourth-order valence-corrected chi connectivity index (χ4v) is 3.57. The molecule has 1 aromatic heterocycles. The zero-order valence-electron chi connectivity index (χ0n) is 10.6. The number of thioether (sulfide) groups is 1. The predicted octanol–water partition coefficient (Wildman–Crippen LogP) is 3.63. The number of benzene rings is 1. The number of hydrogen-bond acceptors (Lipinski definition) is 4. The van der Waals surface area contributed by atoms with Crippen molar-refractivity contribution in [3.63, 3.8) is 0 Å². The van der Waals surface area contributed by atoms with Crippen LogP contribution in [0.4, 0.5) is 0 Å². The Bertz CT molecular complexity index is 570. The molecule has 1 heterocycles. The molecule has 0 aliphatic carbocycles. The van der Waals surface area contributed by atoms with Crippen molar-refractivity contribution < 1.29 is 0 Å². The number of nitrogens with two attached hydrogens (primary N) is 1. The molecule has 0 atom stereocenters. The van der Waals surface area contributed by atoms with Gasteiger partial charge in [0.15, 0.2) is 0 Å². The molecule has 0 bridgehead atoms. The standard InChI is InChI=1S/C14H15N3S2/c1-2-18-11-4-3-5-12(13(11)14(15)16)19-10-6-8-17-9-7-10/h3-9H,2H2,1H3,(H3,15,16). The molecule has 0 amide bonds. The van der Waals surface area contributed by atoms with Crippen LogP contribution >= 0.6 is 23.5 Å². The number of rotatable bonds is 5. The maximum absolute atomic E-state index is 7.80. The Kier molecular flexibility index (Phi) is 4.87. The molecule has 0 radical (unpaired) electrons. The van der Waals surface area contributed by atoms with Crippen LogP contribution in [0.1, 0.15) is 12.5 Å². The molecule has 0 aliphatic rings. The van der Waals surface area contributed by atoms with E-state index in [1.54, 1.807) is 35.9 Å². The number of nitrogens with one attached hydrogen (secondary N) is 1. The topological polar surface area (TPSA) is 62.8 Å². The van der Waals surface area contributed by atoms with Crippen molar-refractivity contribution in [2.45, 2.75) is 21.6 Å². The summed E-state index contributed by atoms with van der Waals surface area (Å²) < 4.78 is 0. The number of aromatic nitrogens is 1. The smallest absolute Gasteiger partial charge is 0.125 e. The quantitative estimate of drug-likeness (QED) is 0.501. The fourth-order valence-electron chi connectivity index (χ4n) is 1.67. The highest BCUT2D eigenvalue weighted by Gasteiger charge is 2.12. The third-order valence-electron chi connectivity index (χ3n) is 2.43. The van der Waals surface area contributed by atoms with E-state index < -0.39 is 0 Å². The molecule has 1 aromatic carbocycles. The second-order valence-electron chi connectivity index (χ2n) is 3.76.